The molecule has 0 spiro atoms. The number of aliphatic hydroxyl groups excluding tert-OH is 1. The Morgan fingerprint density at radius 2 is 1.26 bits per heavy atom. The van der Waals surface area contributed by atoms with E-state index in [1.807, 2.05) is 60.7 Å². The van der Waals surface area contributed by atoms with Crippen molar-refractivity contribution in [2.75, 3.05) is 0 Å². The molecule has 1 unspecified atom stereocenters. The lowest BCUT2D eigenvalue weighted by molar-refractivity contribution is 0.151. The first-order chi connectivity index (χ1) is 13.0. The van der Waals surface area contributed by atoms with Gasteiger partial charge in [-0.1, -0.05) is 72.8 Å². The highest BCUT2D eigenvalue weighted by molar-refractivity contribution is 7.92. The first kappa shape index (κ1) is 18.0. The van der Waals surface area contributed by atoms with E-state index in [4.69, 9.17) is 0 Å². The monoisotopic (exact) mass is 378 g/mol. The number of benzene rings is 3. The van der Waals surface area contributed by atoms with Crippen molar-refractivity contribution in [2.24, 2.45) is 0 Å². The highest BCUT2D eigenvalue weighted by Crippen LogP contribution is 2.44. The highest BCUT2D eigenvalue weighted by Gasteiger charge is 2.49. The van der Waals surface area contributed by atoms with E-state index in [2.05, 4.69) is 0 Å². The van der Waals surface area contributed by atoms with E-state index in [0.717, 1.165) is 16.7 Å². The standard InChI is InChI=1S/C23H22O3S/c24-22(18-9-3-1-4-10-18)17-23(15-19-11-7-8-12-20(19)16-23)27(25,26)21-13-5-2-6-14-21/h1-14,22,24H,15-17H2. The van der Waals surface area contributed by atoms with E-state index in [9.17, 15) is 13.5 Å². The SMILES string of the molecule is O=S(=O)(c1ccccc1)C1(CC(O)c2ccccc2)Cc2ccccc2C1. The molecule has 0 aromatic heterocycles. The summed E-state index contributed by atoms with van der Waals surface area (Å²) in [7, 11) is -3.63. The fourth-order valence-electron chi connectivity index (χ4n) is 4.10. The summed E-state index contributed by atoms with van der Waals surface area (Å²) in [4.78, 5) is 0.318. The summed E-state index contributed by atoms with van der Waals surface area (Å²) in [5, 5.41) is 10.9. The molecule has 1 N–H and O–H groups in total. The summed E-state index contributed by atoms with van der Waals surface area (Å²) in [5.74, 6) is 0. The molecular formula is C23H22O3S. The van der Waals surface area contributed by atoms with Gasteiger partial charge in [-0.3, -0.25) is 0 Å². The Balaban J connectivity index is 1.78. The molecule has 0 saturated carbocycles. The normalized spacial score (nSPS) is 16.6. The molecule has 1 aliphatic carbocycles. The van der Waals surface area contributed by atoms with Crippen molar-refractivity contribution in [1.82, 2.24) is 0 Å². The molecule has 138 valence electrons. The molecule has 0 bridgehead atoms. The van der Waals surface area contributed by atoms with Gasteiger partial charge in [0.15, 0.2) is 9.84 Å². The topological polar surface area (TPSA) is 54.4 Å². The highest BCUT2D eigenvalue weighted by atomic mass is 32.2. The minimum Gasteiger partial charge on any atom is -0.388 e. The predicted octanol–water partition coefficient (Wildman–Crippen LogP) is 4.12. The maximum atomic E-state index is 13.7. The van der Waals surface area contributed by atoms with Gasteiger partial charge < -0.3 is 5.11 Å². The van der Waals surface area contributed by atoms with Crippen LogP contribution < -0.4 is 0 Å². The first-order valence-corrected chi connectivity index (χ1v) is 10.6. The van der Waals surface area contributed by atoms with Crippen molar-refractivity contribution >= 4 is 9.84 Å². The van der Waals surface area contributed by atoms with Gasteiger partial charge in [-0.2, -0.15) is 0 Å². The fourth-order valence-corrected chi connectivity index (χ4v) is 6.18. The lowest BCUT2D eigenvalue weighted by atomic mass is 9.93. The minimum atomic E-state index is -3.63. The van der Waals surface area contributed by atoms with Crippen LogP contribution in [-0.4, -0.2) is 18.3 Å². The van der Waals surface area contributed by atoms with Gasteiger partial charge in [0.2, 0.25) is 0 Å². The molecule has 3 aromatic carbocycles. The van der Waals surface area contributed by atoms with Gasteiger partial charge in [-0.15, -0.1) is 0 Å². The Kier molecular flexibility index (Phi) is 4.62. The summed E-state index contributed by atoms with van der Waals surface area (Å²) in [6.45, 7) is 0. The van der Waals surface area contributed by atoms with E-state index in [1.165, 1.54) is 0 Å². The van der Waals surface area contributed by atoms with Crippen LogP contribution in [0.25, 0.3) is 0 Å². The molecule has 0 aliphatic heterocycles. The Morgan fingerprint density at radius 1 is 0.778 bits per heavy atom. The van der Waals surface area contributed by atoms with Crippen LogP contribution in [-0.2, 0) is 22.7 Å². The van der Waals surface area contributed by atoms with Crippen LogP contribution in [0, 0.1) is 0 Å². The van der Waals surface area contributed by atoms with E-state index < -0.39 is 20.7 Å². The summed E-state index contributed by atoms with van der Waals surface area (Å²) >= 11 is 0. The van der Waals surface area contributed by atoms with Crippen molar-refractivity contribution in [3.05, 3.63) is 102 Å². The van der Waals surface area contributed by atoms with Crippen LogP contribution in [0.15, 0.2) is 89.8 Å². The van der Waals surface area contributed by atoms with Gasteiger partial charge in [0, 0.05) is 0 Å². The molecule has 0 fully saturated rings. The molecule has 3 aromatic rings. The van der Waals surface area contributed by atoms with Crippen molar-refractivity contribution in [3.8, 4) is 0 Å². The molecule has 27 heavy (non-hydrogen) atoms. The molecule has 4 heteroatoms. The number of aliphatic hydroxyl groups is 1. The summed E-state index contributed by atoms with van der Waals surface area (Å²) in [6, 6.07) is 25.8. The van der Waals surface area contributed by atoms with Crippen molar-refractivity contribution in [1.29, 1.82) is 0 Å². The molecule has 1 aliphatic rings. The Morgan fingerprint density at radius 3 is 1.81 bits per heavy atom. The second-order valence-electron chi connectivity index (χ2n) is 7.25. The van der Waals surface area contributed by atoms with Crippen molar-refractivity contribution in [3.63, 3.8) is 0 Å². The van der Waals surface area contributed by atoms with Gasteiger partial charge in [0.1, 0.15) is 0 Å². The van der Waals surface area contributed by atoms with E-state index in [1.54, 1.807) is 24.3 Å². The quantitative estimate of drug-likeness (QED) is 0.727. The number of rotatable bonds is 5. The molecule has 0 heterocycles. The maximum Gasteiger partial charge on any atom is 0.184 e. The maximum absolute atomic E-state index is 13.7. The van der Waals surface area contributed by atoms with Crippen LogP contribution >= 0.6 is 0 Å². The van der Waals surface area contributed by atoms with E-state index in [-0.39, 0.29) is 6.42 Å². The smallest absolute Gasteiger partial charge is 0.184 e. The van der Waals surface area contributed by atoms with Gasteiger partial charge >= 0.3 is 0 Å². The van der Waals surface area contributed by atoms with Crippen LogP contribution in [0.4, 0.5) is 0 Å². The predicted molar refractivity (Wildman–Crippen MR) is 106 cm³/mol. The van der Waals surface area contributed by atoms with Gasteiger partial charge in [0.25, 0.3) is 0 Å². The molecule has 1 atom stereocenters. The molecule has 3 nitrogen and oxygen atoms in total. The van der Waals surface area contributed by atoms with Gasteiger partial charge in [-0.05, 0) is 48.1 Å². The van der Waals surface area contributed by atoms with Gasteiger partial charge in [0.05, 0.1) is 15.7 Å². The zero-order valence-corrected chi connectivity index (χ0v) is 15.8. The first-order valence-electron chi connectivity index (χ1n) is 9.11. The Labute approximate surface area is 160 Å². The minimum absolute atomic E-state index is 0.170. The zero-order valence-electron chi connectivity index (χ0n) is 15.0. The molecule has 0 radical (unpaired) electrons. The second kappa shape index (κ2) is 6.95. The van der Waals surface area contributed by atoms with Crippen molar-refractivity contribution in [2.45, 2.75) is 35.0 Å². The van der Waals surface area contributed by atoms with E-state index >= 15 is 0 Å². The summed E-state index contributed by atoms with van der Waals surface area (Å²) in [6.07, 6.45) is 0.177. The van der Waals surface area contributed by atoms with Gasteiger partial charge in [-0.25, -0.2) is 8.42 Å². The third kappa shape index (κ3) is 3.20. The lowest BCUT2D eigenvalue weighted by Gasteiger charge is -2.31. The van der Waals surface area contributed by atoms with Crippen LogP contribution in [0.5, 0.6) is 0 Å². The van der Waals surface area contributed by atoms with Crippen LogP contribution in [0.2, 0.25) is 0 Å². The second-order valence-corrected chi connectivity index (χ2v) is 9.60. The largest absolute Gasteiger partial charge is 0.388 e. The Hall–Kier alpha value is -2.43. The average Bonchev–Trinajstić information content (AvgIpc) is 3.09. The van der Waals surface area contributed by atoms with E-state index in [0.29, 0.717) is 17.7 Å². The number of hydrogen-bond acceptors (Lipinski definition) is 3. The molecule has 0 amide bonds. The van der Waals surface area contributed by atoms with Crippen molar-refractivity contribution < 1.29 is 13.5 Å². The summed E-state index contributed by atoms with van der Waals surface area (Å²) < 4.78 is 26.3. The Bertz CT molecular complexity index is 1000. The third-order valence-corrected chi connectivity index (χ3v) is 8.01. The average molecular weight is 378 g/mol. The zero-order chi connectivity index (χ0) is 18.9. The fraction of sp³-hybridized carbons (Fsp3) is 0.217. The molecule has 4 rings (SSSR count). The van der Waals surface area contributed by atoms with Crippen LogP contribution in [0.1, 0.15) is 29.2 Å². The number of sulfone groups is 1. The lowest BCUT2D eigenvalue weighted by Crippen LogP contribution is -2.41. The molecule has 0 saturated heterocycles. The third-order valence-electron chi connectivity index (χ3n) is 5.52. The van der Waals surface area contributed by atoms with Crippen LogP contribution in [0.3, 0.4) is 0 Å². The number of hydrogen-bond donors (Lipinski definition) is 1. The molecular weight excluding hydrogens is 356 g/mol. The number of fused-ring (bicyclic) bond motifs is 1. The summed E-state index contributed by atoms with van der Waals surface area (Å²) in [5.41, 5.74) is 2.85.